The Hall–Kier alpha value is -1.39. The van der Waals surface area contributed by atoms with Crippen molar-refractivity contribution in [3.8, 4) is 11.3 Å². The lowest BCUT2D eigenvalue weighted by molar-refractivity contribution is 0.995. The predicted molar refractivity (Wildman–Crippen MR) is 72.1 cm³/mol. The van der Waals surface area contributed by atoms with Gasteiger partial charge in [-0.25, -0.2) is 0 Å². The van der Waals surface area contributed by atoms with E-state index < -0.39 is 0 Å². The minimum Gasteiger partial charge on any atom is -0.331 e. The van der Waals surface area contributed by atoms with Gasteiger partial charge in [-0.3, -0.25) is 9.78 Å². The number of hydrogen-bond donors (Lipinski definition) is 2. The minimum atomic E-state index is -0.138. The Morgan fingerprint density at radius 1 is 1.24 bits per heavy atom. The van der Waals surface area contributed by atoms with Gasteiger partial charge in [-0.2, -0.15) is 0 Å². The highest BCUT2D eigenvalue weighted by molar-refractivity contribution is 7.71. The molecule has 17 heavy (non-hydrogen) atoms. The van der Waals surface area contributed by atoms with E-state index in [9.17, 15) is 4.79 Å². The van der Waals surface area contributed by atoms with Crippen LogP contribution < -0.4 is 5.56 Å². The van der Waals surface area contributed by atoms with Gasteiger partial charge in [0.2, 0.25) is 0 Å². The van der Waals surface area contributed by atoms with Crippen molar-refractivity contribution < 1.29 is 0 Å². The van der Waals surface area contributed by atoms with Crippen LogP contribution in [-0.2, 0) is 6.42 Å². The number of rotatable bonds is 2. The van der Waals surface area contributed by atoms with Gasteiger partial charge in [-0.1, -0.05) is 30.7 Å². The molecule has 0 unspecified atom stereocenters. The van der Waals surface area contributed by atoms with Gasteiger partial charge in [0.1, 0.15) is 0 Å². The summed E-state index contributed by atoms with van der Waals surface area (Å²) in [5, 5.41) is 0.662. The molecule has 0 bridgehead atoms. The third kappa shape index (κ3) is 2.48. The Labute approximate surface area is 108 Å². The second kappa shape index (κ2) is 4.85. The maximum Gasteiger partial charge on any atom is 0.255 e. The molecule has 88 valence electrons. The quantitative estimate of drug-likeness (QED) is 0.820. The van der Waals surface area contributed by atoms with E-state index in [1.165, 1.54) is 0 Å². The average Bonchev–Trinajstić information content (AvgIpc) is 2.29. The summed E-state index contributed by atoms with van der Waals surface area (Å²) in [6.45, 7) is 1.93. The highest BCUT2D eigenvalue weighted by Gasteiger charge is 2.08. The van der Waals surface area contributed by atoms with Gasteiger partial charge in [-0.05, 0) is 36.3 Å². The van der Waals surface area contributed by atoms with Gasteiger partial charge in [-0.15, -0.1) is 0 Å². The summed E-state index contributed by atoms with van der Waals surface area (Å²) >= 11 is 10.8. The molecule has 0 spiro atoms. The Bertz CT molecular complexity index is 643. The van der Waals surface area contributed by atoms with Crippen LogP contribution in [0, 0.1) is 4.77 Å². The second-order valence-corrected chi connectivity index (χ2v) is 4.47. The number of hydrogen-bond acceptors (Lipinski definition) is 2. The van der Waals surface area contributed by atoms with E-state index in [-0.39, 0.29) is 5.56 Å². The molecule has 0 aliphatic heterocycles. The first-order valence-electron chi connectivity index (χ1n) is 5.23. The van der Waals surface area contributed by atoms with Crippen LogP contribution in [0.15, 0.2) is 29.1 Å². The van der Waals surface area contributed by atoms with Crippen LogP contribution in [0.4, 0.5) is 0 Å². The topological polar surface area (TPSA) is 48.6 Å². The van der Waals surface area contributed by atoms with Crippen molar-refractivity contribution in [1.82, 2.24) is 9.97 Å². The van der Waals surface area contributed by atoms with Crippen molar-refractivity contribution in [3.63, 3.8) is 0 Å². The summed E-state index contributed by atoms with van der Waals surface area (Å²) in [4.78, 5) is 17.4. The molecular formula is C12H11ClN2OS. The molecule has 0 aliphatic carbocycles. The van der Waals surface area contributed by atoms with E-state index in [0.717, 1.165) is 11.3 Å². The Morgan fingerprint density at radius 3 is 2.47 bits per heavy atom. The fourth-order valence-corrected chi connectivity index (χ4v) is 2.03. The van der Waals surface area contributed by atoms with Crippen LogP contribution in [0.3, 0.4) is 0 Å². The summed E-state index contributed by atoms with van der Waals surface area (Å²) in [6, 6.07) is 7.30. The smallest absolute Gasteiger partial charge is 0.255 e. The fraction of sp³-hybridized carbons (Fsp3) is 0.167. The zero-order valence-electron chi connectivity index (χ0n) is 9.21. The molecule has 0 amide bonds. The molecule has 1 heterocycles. The van der Waals surface area contributed by atoms with Crippen molar-refractivity contribution in [2.45, 2.75) is 13.3 Å². The highest BCUT2D eigenvalue weighted by Crippen LogP contribution is 2.21. The fourth-order valence-electron chi connectivity index (χ4n) is 1.71. The molecule has 0 saturated carbocycles. The first kappa shape index (κ1) is 12.1. The van der Waals surface area contributed by atoms with Crippen LogP contribution in [-0.4, -0.2) is 9.97 Å². The van der Waals surface area contributed by atoms with E-state index in [0.29, 0.717) is 21.8 Å². The van der Waals surface area contributed by atoms with Gasteiger partial charge in [0.25, 0.3) is 5.56 Å². The molecule has 5 heteroatoms. The van der Waals surface area contributed by atoms with E-state index in [1.807, 2.05) is 19.1 Å². The number of halogens is 1. The highest BCUT2D eigenvalue weighted by atomic mass is 35.5. The summed E-state index contributed by atoms with van der Waals surface area (Å²) in [5.41, 5.74) is 2.23. The van der Waals surface area contributed by atoms with Crippen molar-refractivity contribution in [2.75, 3.05) is 0 Å². The number of aromatic amines is 2. The third-order valence-corrected chi connectivity index (χ3v) is 2.98. The second-order valence-electron chi connectivity index (χ2n) is 3.62. The number of H-pyrrole nitrogens is 2. The van der Waals surface area contributed by atoms with Crippen molar-refractivity contribution in [1.29, 1.82) is 0 Å². The Morgan fingerprint density at radius 2 is 1.88 bits per heavy atom. The molecule has 0 fully saturated rings. The normalized spacial score (nSPS) is 10.5. The molecule has 2 N–H and O–H groups in total. The van der Waals surface area contributed by atoms with Crippen molar-refractivity contribution in [2.24, 2.45) is 0 Å². The average molecular weight is 267 g/mol. The SMILES string of the molecule is CCc1c(-c2ccc(Cl)cc2)[nH]c(=S)[nH]c1=O. The standard InChI is InChI=1S/C12H11ClN2OS/c1-2-9-10(14-12(17)15-11(9)16)7-3-5-8(13)6-4-7/h3-6H,2H2,1H3,(H2,14,15,16,17). The van der Waals surface area contributed by atoms with Gasteiger partial charge in [0, 0.05) is 10.6 Å². The lowest BCUT2D eigenvalue weighted by atomic mass is 10.1. The molecule has 0 radical (unpaired) electrons. The molecule has 0 saturated heterocycles. The molecule has 1 aromatic carbocycles. The summed E-state index contributed by atoms with van der Waals surface area (Å²) < 4.78 is 0.331. The van der Waals surface area contributed by atoms with Gasteiger partial charge >= 0.3 is 0 Å². The van der Waals surface area contributed by atoms with Crippen molar-refractivity contribution in [3.05, 3.63) is 50.0 Å². The van der Waals surface area contributed by atoms with E-state index in [2.05, 4.69) is 9.97 Å². The maximum atomic E-state index is 11.8. The number of benzene rings is 1. The molecule has 1 aromatic heterocycles. The van der Waals surface area contributed by atoms with E-state index in [4.69, 9.17) is 23.8 Å². The third-order valence-electron chi connectivity index (χ3n) is 2.53. The van der Waals surface area contributed by atoms with Crippen LogP contribution in [0.5, 0.6) is 0 Å². The van der Waals surface area contributed by atoms with Crippen LogP contribution in [0.1, 0.15) is 12.5 Å². The largest absolute Gasteiger partial charge is 0.331 e. The van der Waals surface area contributed by atoms with Crippen molar-refractivity contribution >= 4 is 23.8 Å². The van der Waals surface area contributed by atoms with Gasteiger partial charge in [0.05, 0.1) is 5.69 Å². The maximum absolute atomic E-state index is 11.8. The molecule has 3 nitrogen and oxygen atoms in total. The summed E-state index contributed by atoms with van der Waals surface area (Å²) in [7, 11) is 0. The zero-order valence-corrected chi connectivity index (χ0v) is 10.8. The first-order chi connectivity index (χ1) is 8.11. The monoisotopic (exact) mass is 266 g/mol. The lowest BCUT2D eigenvalue weighted by Gasteiger charge is -2.07. The first-order valence-corrected chi connectivity index (χ1v) is 6.02. The lowest BCUT2D eigenvalue weighted by Crippen LogP contribution is -2.15. The van der Waals surface area contributed by atoms with E-state index in [1.54, 1.807) is 12.1 Å². The Balaban J connectivity index is 2.70. The van der Waals surface area contributed by atoms with Crippen LogP contribution in [0.25, 0.3) is 11.3 Å². The summed E-state index contributed by atoms with van der Waals surface area (Å²) in [6.07, 6.45) is 0.638. The minimum absolute atomic E-state index is 0.138. The molecule has 2 aromatic rings. The zero-order chi connectivity index (χ0) is 12.4. The van der Waals surface area contributed by atoms with E-state index >= 15 is 0 Å². The van der Waals surface area contributed by atoms with Crippen LogP contribution >= 0.6 is 23.8 Å². The molecular weight excluding hydrogens is 256 g/mol. The molecule has 0 aliphatic rings. The predicted octanol–water partition coefficient (Wildman–Crippen LogP) is 3.32. The van der Waals surface area contributed by atoms with Crippen LogP contribution in [0.2, 0.25) is 5.02 Å². The Kier molecular flexibility index (Phi) is 3.45. The number of aromatic nitrogens is 2. The van der Waals surface area contributed by atoms with Gasteiger partial charge < -0.3 is 4.98 Å². The number of nitrogens with one attached hydrogen (secondary N) is 2. The molecule has 0 atom stereocenters. The molecule has 2 rings (SSSR count). The summed E-state index contributed by atoms with van der Waals surface area (Å²) in [5.74, 6) is 0. The van der Waals surface area contributed by atoms with Gasteiger partial charge in [0.15, 0.2) is 4.77 Å².